The first-order valence-corrected chi connectivity index (χ1v) is 9.69. The number of aromatic nitrogens is 4. The van der Waals surface area contributed by atoms with Crippen molar-refractivity contribution in [3.8, 4) is 5.69 Å². The summed E-state index contributed by atoms with van der Waals surface area (Å²) in [5.41, 5.74) is 2.06. The molecule has 0 aliphatic heterocycles. The molecule has 1 aromatic carbocycles. The zero-order valence-electron chi connectivity index (χ0n) is 15.3. The van der Waals surface area contributed by atoms with E-state index in [1.165, 1.54) is 0 Å². The maximum Gasteiger partial charge on any atom is 0.361 e. The Kier molecular flexibility index (Phi) is 4.84. The fourth-order valence-corrected chi connectivity index (χ4v) is 3.58. The molecule has 1 aliphatic carbocycles. The van der Waals surface area contributed by atoms with E-state index in [4.69, 9.17) is 9.26 Å². The molecular formula is C19H17BrN4O4. The van der Waals surface area contributed by atoms with E-state index >= 15 is 0 Å². The zero-order chi connectivity index (χ0) is 19.8. The van der Waals surface area contributed by atoms with E-state index in [-0.39, 0.29) is 29.6 Å². The van der Waals surface area contributed by atoms with Gasteiger partial charge in [-0.05, 0) is 60.3 Å². The fourth-order valence-electron chi connectivity index (χ4n) is 3.05. The minimum atomic E-state index is -0.655. The van der Waals surface area contributed by atoms with Gasteiger partial charge in [0.2, 0.25) is 5.69 Å². The Morgan fingerprint density at radius 2 is 2.14 bits per heavy atom. The van der Waals surface area contributed by atoms with Crippen LogP contribution in [0, 0.1) is 6.92 Å². The second-order valence-electron chi connectivity index (χ2n) is 6.51. The molecule has 1 fully saturated rings. The van der Waals surface area contributed by atoms with Crippen molar-refractivity contribution in [2.24, 2.45) is 0 Å². The molecule has 0 atom stereocenters. The Labute approximate surface area is 169 Å². The number of nitrogens with zero attached hydrogens (tertiary/aromatic N) is 4. The van der Waals surface area contributed by atoms with Crippen molar-refractivity contribution in [1.82, 2.24) is 20.2 Å². The van der Waals surface area contributed by atoms with E-state index in [1.807, 2.05) is 6.92 Å². The highest BCUT2D eigenvalue weighted by Gasteiger charge is 2.38. The van der Waals surface area contributed by atoms with Gasteiger partial charge >= 0.3 is 5.97 Å². The van der Waals surface area contributed by atoms with Crippen LogP contribution in [0.2, 0.25) is 0 Å². The molecule has 2 heterocycles. The second-order valence-corrected chi connectivity index (χ2v) is 7.31. The number of carbonyl (C=O) groups is 2. The number of ether oxygens (including phenoxy) is 1. The molecule has 0 bridgehead atoms. The van der Waals surface area contributed by atoms with Gasteiger partial charge in [0.15, 0.2) is 11.5 Å². The number of benzene rings is 1. The van der Waals surface area contributed by atoms with Crippen LogP contribution >= 0.6 is 15.9 Å². The summed E-state index contributed by atoms with van der Waals surface area (Å²) >= 11 is 3.54. The van der Waals surface area contributed by atoms with Crippen molar-refractivity contribution in [2.45, 2.75) is 32.6 Å². The summed E-state index contributed by atoms with van der Waals surface area (Å²) in [4.78, 5) is 25.7. The monoisotopic (exact) mass is 444 g/mol. The molecule has 1 saturated carbocycles. The third-order valence-corrected chi connectivity index (χ3v) is 5.64. The van der Waals surface area contributed by atoms with Crippen LogP contribution in [0.5, 0.6) is 0 Å². The lowest BCUT2D eigenvalue weighted by atomic mass is 9.96. The molecule has 28 heavy (non-hydrogen) atoms. The third-order valence-electron chi connectivity index (χ3n) is 4.64. The van der Waals surface area contributed by atoms with Gasteiger partial charge in [-0.1, -0.05) is 10.4 Å². The summed E-state index contributed by atoms with van der Waals surface area (Å²) in [6, 6.07) is 3.48. The van der Waals surface area contributed by atoms with Gasteiger partial charge in [0.05, 0.1) is 24.7 Å². The highest BCUT2D eigenvalue weighted by atomic mass is 79.9. The minimum Gasteiger partial charge on any atom is -0.461 e. The summed E-state index contributed by atoms with van der Waals surface area (Å²) in [5.74, 6) is -0.385. The largest absolute Gasteiger partial charge is 0.461 e. The Balaban J connectivity index is 1.79. The number of ketones is 1. The van der Waals surface area contributed by atoms with Gasteiger partial charge in [-0.2, -0.15) is 0 Å². The molecule has 4 rings (SSSR count). The molecule has 0 N–H and O–H groups in total. The molecule has 0 unspecified atom stereocenters. The topological polar surface area (TPSA) is 100 Å². The molecular weight excluding hydrogens is 428 g/mol. The van der Waals surface area contributed by atoms with Crippen molar-refractivity contribution in [3.05, 3.63) is 57.1 Å². The number of carbonyl (C=O) groups excluding carboxylic acids is 2. The number of hydrogen-bond donors (Lipinski definition) is 0. The average molecular weight is 445 g/mol. The smallest absolute Gasteiger partial charge is 0.361 e. The Morgan fingerprint density at radius 1 is 1.36 bits per heavy atom. The van der Waals surface area contributed by atoms with E-state index in [2.05, 4.69) is 31.4 Å². The maximum atomic E-state index is 13.4. The third kappa shape index (κ3) is 3.15. The predicted molar refractivity (Wildman–Crippen MR) is 102 cm³/mol. The molecule has 9 heteroatoms. The van der Waals surface area contributed by atoms with Gasteiger partial charge in [0.25, 0.3) is 0 Å². The molecule has 0 saturated heterocycles. The van der Waals surface area contributed by atoms with Gasteiger partial charge in [0.1, 0.15) is 5.56 Å². The molecule has 3 aromatic rings. The molecule has 8 nitrogen and oxygen atoms in total. The SMILES string of the molecule is CCOC(=O)c1noc(C2CC2)c1C(=O)c1ccc(-n2ccnn2)c(Br)c1C. The first kappa shape index (κ1) is 18.5. The predicted octanol–water partition coefficient (Wildman–Crippen LogP) is 3.61. The fraction of sp³-hybridized carbons (Fsp3) is 0.316. The van der Waals surface area contributed by atoms with Crippen LogP contribution in [0.15, 0.2) is 33.5 Å². The van der Waals surface area contributed by atoms with Crippen molar-refractivity contribution in [3.63, 3.8) is 0 Å². The maximum absolute atomic E-state index is 13.4. The molecule has 0 amide bonds. The first-order chi connectivity index (χ1) is 13.5. The quantitative estimate of drug-likeness (QED) is 0.422. The van der Waals surface area contributed by atoms with Crippen LogP contribution in [-0.4, -0.2) is 38.5 Å². The van der Waals surface area contributed by atoms with Crippen molar-refractivity contribution in [1.29, 1.82) is 0 Å². The zero-order valence-corrected chi connectivity index (χ0v) is 16.9. The summed E-state index contributed by atoms with van der Waals surface area (Å²) in [6.07, 6.45) is 5.11. The first-order valence-electron chi connectivity index (χ1n) is 8.90. The molecule has 0 radical (unpaired) electrons. The molecule has 144 valence electrons. The highest BCUT2D eigenvalue weighted by Crippen LogP contribution is 2.43. The van der Waals surface area contributed by atoms with Crippen molar-refractivity contribution in [2.75, 3.05) is 6.61 Å². The standard InChI is InChI=1S/C19H17BrN4O4/c1-3-27-19(26)16-14(18(28-22-16)11-4-5-11)17(25)12-6-7-13(15(20)10(12)2)24-9-8-21-23-24/h6-9,11H,3-5H2,1-2H3. The Morgan fingerprint density at radius 3 is 2.79 bits per heavy atom. The lowest BCUT2D eigenvalue weighted by molar-refractivity contribution is 0.0512. The van der Waals surface area contributed by atoms with Gasteiger partial charge in [0, 0.05) is 16.0 Å². The normalized spacial score (nSPS) is 13.5. The van der Waals surface area contributed by atoms with Crippen LogP contribution in [0.4, 0.5) is 0 Å². The van der Waals surface area contributed by atoms with Gasteiger partial charge in [-0.3, -0.25) is 4.79 Å². The van der Waals surface area contributed by atoms with Gasteiger partial charge in [-0.25, -0.2) is 9.48 Å². The highest BCUT2D eigenvalue weighted by molar-refractivity contribution is 9.10. The van der Waals surface area contributed by atoms with E-state index in [0.29, 0.717) is 15.8 Å². The van der Waals surface area contributed by atoms with E-state index in [0.717, 1.165) is 24.1 Å². The molecule has 0 spiro atoms. The van der Waals surface area contributed by atoms with E-state index < -0.39 is 5.97 Å². The van der Waals surface area contributed by atoms with Crippen molar-refractivity contribution >= 4 is 27.7 Å². The Bertz CT molecular complexity index is 1050. The number of halogens is 1. The summed E-state index contributed by atoms with van der Waals surface area (Å²) < 4.78 is 12.7. The van der Waals surface area contributed by atoms with Gasteiger partial charge in [-0.15, -0.1) is 5.10 Å². The Hall–Kier alpha value is -2.81. The van der Waals surface area contributed by atoms with Crippen LogP contribution in [0.25, 0.3) is 5.69 Å². The lowest BCUT2D eigenvalue weighted by Gasteiger charge is -2.11. The summed E-state index contributed by atoms with van der Waals surface area (Å²) in [7, 11) is 0. The van der Waals surface area contributed by atoms with Gasteiger partial charge < -0.3 is 9.26 Å². The summed E-state index contributed by atoms with van der Waals surface area (Å²) in [6.45, 7) is 3.72. The average Bonchev–Trinajstić information content (AvgIpc) is 3.19. The lowest BCUT2D eigenvalue weighted by Crippen LogP contribution is -2.14. The second kappa shape index (κ2) is 7.31. The van der Waals surface area contributed by atoms with E-state index in [1.54, 1.807) is 36.1 Å². The summed E-state index contributed by atoms with van der Waals surface area (Å²) in [5, 5.41) is 11.6. The number of hydrogen-bond acceptors (Lipinski definition) is 7. The van der Waals surface area contributed by atoms with Crippen LogP contribution < -0.4 is 0 Å². The minimum absolute atomic E-state index is 0.0652. The van der Waals surface area contributed by atoms with E-state index in [9.17, 15) is 9.59 Å². The van der Waals surface area contributed by atoms with Crippen LogP contribution in [0.3, 0.4) is 0 Å². The van der Waals surface area contributed by atoms with Crippen LogP contribution in [0.1, 0.15) is 63.4 Å². The molecule has 1 aliphatic rings. The van der Waals surface area contributed by atoms with Crippen LogP contribution in [-0.2, 0) is 4.74 Å². The molecule has 2 aromatic heterocycles. The number of rotatable bonds is 6. The van der Waals surface area contributed by atoms with Crippen molar-refractivity contribution < 1.29 is 18.8 Å². The number of esters is 1.